The molecular weight excluding hydrogens is 242 g/mol. The Kier molecular flexibility index (Phi) is 2.77. The van der Waals surface area contributed by atoms with Crippen LogP contribution in [0.15, 0.2) is 18.3 Å². The maximum Gasteiger partial charge on any atom is 0.233 e. The zero-order chi connectivity index (χ0) is 13.6. The molecule has 5 nitrogen and oxygen atoms in total. The van der Waals surface area contributed by atoms with Gasteiger partial charge in [-0.3, -0.25) is 19.5 Å². The summed E-state index contributed by atoms with van der Waals surface area (Å²) in [5.41, 5.74) is 6.94. The molecule has 5 heteroatoms. The Morgan fingerprint density at radius 2 is 1.95 bits per heavy atom. The fourth-order valence-electron chi connectivity index (χ4n) is 3.25. The maximum absolute atomic E-state index is 12.3. The van der Waals surface area contributed by atoms with E-state index in [1.165, 1.54) is 4.90 Å². The summed E-state index contributed by atoms with van der Waals surface area (Å²) in [5.74, 6) is 0.176. The van der Waals surface area contributed by atoms with Crippen molar-refractivity contribution in [1.29, 1.82) is 0 Å². The molecule has 1 aromatic rings. The summed E-state index contributed by atoms with van der Waals surface area (Å²) in [4.78, 5) is 30.1. The van der Waals surface area contributed by atoms with Crippen molar-refractivity contribution in [1.82, 2.24) is 9.88 Å². The van der Waals surface area contributed by atoms with Gasteiger partial charge < -0.3 is 5.73 Å². The highest BCUT2D eigenvalue weighted by Gasteiger charge is 2.51. The van der Waals surface area contributed by atoms with E-state index >= 15 is 0 Å². The van der Waals surface area contributed by atoms with Crippen molar-refractivity contribution in [2.45, 2.75) is 26.3 Å². The maximum atomic E-state index is 12.3. The molecule has 2 heterocycles. The van der Waals surface area contributed by atoms with E-state index in [9.17, 15) is 9.59 Å². The molecule has 2 amide bonds. The molecule has 19 heavy (non-hydrogen) atoms. The van der Waals surface area contributed by atoms with E-state index in [4.69, 9.17) is 5.73 Å². The zero-order valence-electron chi connectivity index (χ0n) is 10.9. The number of amides is 2. The second kappa shape index (κ2) is 4.33. The van der Waals surface area contributed by atoms with Crippen LogP contribution in [0, 0.1) is 17.8 Å². The number of carbonyl (C=O) groups excluding carboxylic acids is 2. The number of nitrogens with two attached hydrogens (primary N) is 1. The van der Waals surface area contributed by atoms with Gasteiger partial charge in [0.1, 0.15) is 0 Å². The fraction of sp³-hybridized carbons (Fsp3) is 0.500. The number of pyridine rings is 1. The SMILES string of the molecule is CC1CC2C(=O)N(Cc3cc(N)ccn3)C(=O)C2C1. The predicted molar refractivity (Wildman–Crippen MR) is 69.6 cm³/mol. The number of likely N-dealkylation sites (tertiary alicyclic amines) is 1. The van der Waals surface area contributed by atoms with Crippen LogP contribution in [0.4, 0.5) is 5.69 Å². The van der Waals surface area contributed by atoms with E-state index in [2.05, 4.69) is 11.9 Å². The van der Waals surface area contributed by atoms with E-state index in [0.29, 0.717) is 17.3 Å². The molecule has 2 atom stereocenters. The number of fused-ring (bicyclic) bond motifs is 1. The van der Waals surface area contributed by atoms with Gasteiger partial charge in [-0.1, -0.05) is 6.92 Å². The minimum absolute atomic E-state index is 0.0384. The third-order valence-corrected chi connectivity index (χ3v) is 4.13. The number of carbonyl (C=O) groups is 2. The minimum Gasteiger partial charge on any atom is -0.399 e. The molecule has 3 rings (SSSR count). The highest BCUT2D eigenvalue weighted by atomic mass is 16.2. The lowest BCUT2D eigenvalue weighted by atomic mass is 10.00. The van der Waals surface area contributed by atoms with Crippen LogP contribution in [-0.4, -0.2) is 21.7 Å². The number of imide groups is 1. The Balaban J connectivity index is 1.80. The Labute approximate surface area is 111 Å². The molecule has 0 aromatic carbocycles. The predicted octanol–water partition coefficient (Wildman–Crippen LogP) is 1.19. The molecule has 2 unspecified atom stereocenters. The van der Waals surface area contributed by atoms with Crippen molar-refractivity contribution in [3.05, 3.63) is 24.0 Å². The number of aromatic nitrogens is 1. The summed E-state index contributed by atoms with van der Waals surface area (Å²) < 4.78 is 0. The number of anilines is 1. The summed E-state index contributed by atoms with van der Waals surface area (Å²) in [7, 11) is 0. The molecule has 100 valence electrons. The van der Waals surface area contributed by atoms with Crippen LogP contribution in [0.5, 0.6) is 0 Å². The van der Waals surface area contributed by atoms with Crippen molar-refractivity contribution >= 4 is 17.5 Å². The molecule has 2 fully saturated rings. The molecule has 1 saturated carbocycles. The number of hydrogen-bond acceptors (Lipinski definition) is 4. The smallest absolute Gasteiger partial charge is 0.233 e. The topological polar surface area (TPSA) is 76.3 Å². The first-order valence-corrected chi connectivity index (χ1v) is 6.62. The summed E-state index contributed by atoms with van der Waals surface area (Å²) in [6.45, 7) is 2.34. The average molecular weight is 259 g/mol. The van der Waals surface area contributed by atoms with Gasteiger partial charge in [0, 0.05) is 11.9 Å². The van der Waals surface area contributed by atoms with Gasteiger partial charge >= 0.3 is 0 Å². The van der Waals surface area contributed by atoms with Crippen LogP contribution in [0.2, 0.25) is 0 Å². The van der Waals surface area contributed by atoms with Crippen molar-refractivity contribution in [3.63, 3.8) is 0 Å². The molecule has 0 spiro atoms. The third-order valence-electron chi connectivity index (χ3n) is 4.13. The van der Waals surface area contributed by atoms with E-state index in [1.807, 2.05) is 0 Å². The van der Waals surface area contributed by atoms with Crippen LogP contribution in [0.1, 0.15) is 25.5 Å². The lowest BCUT2D eigenvalue weighted by Gasteiger charge is -2.16. The third kappa shape index (κ3) is 1.99. The molecule has 1 aliphatic carbocycles. The lowest BCUT2D eigenvalue weighted by molar-refractivity contribution is -0.141. The average Bonchev–Trinajstić information content (AvgIpc) is 2.84. The van der Waals surface area contributed by atoms with E-state index < -0.39 is 0 Å². The van der Waals surface area contributed by atoms with Gasteiger partial charge in [-0.05, 0) is 30.9 Å². The molecule has 1 aromatic heterocycles. The second-order valence-electron chi connectivity index (χ2n) is 5.63. The van der Waals surface area contributed by atoms with E-state index in [0.717, 1.165) is 12.8 Å². The van der Waals surface area contributed by atoms with Crippen LogP contribution in [0.25, 0.3) is 0 Å². The summed E-state index contributed by atoms with van der Waals surface area (Å²) in [5, 5.41) is 0. The second-order valence-corrected chi connectivity index (χ2v) is 5.63. The molecule has 1 aliphatic heterocycles. The Morgan fingerprint density at radius 3 is 2.53 bits per heavy atom. The van der Waals surface area contributed by atoms with Gasteiger partial charge in [0.05, 0.1) is 24.1 Å². The Morgan fingerprint density at radius 1 is 1.32 bits per heavy atom. The quantitative estimate of drug-likeness (QED) is 0.809. The Hall–Kier alpha value is -1.91. The Bertz CT molecular complexity index is 519. The molecule has 0 radical (unpaired) electrons. The minimum atomic E-state index is -0.108. The van der Waals surface area contributed by atoms with Gasteiger partial charge in [0.25, 0.3) is 0 Å². The molecular formula is C14H17N3O2. The summed E-state index contributed by atoms with van der Waals surface area (Å²) in [6, 6.07) is 3.39. The first kappa shape index (κ1) is 12.1. The number of hydrogen-bond donors (Lipinski definition) is 1. The van der Waals surface area contributed by atoms with Gasteiger partial charge in [-0.2, -0.15) is 0 Å². The monoisotopic (exact) mass is 259 g/mol. The van der Waals surface area contributed by atoms with Gasteiger partial charge in [-0.15, -0.1) is 0 Å². The molecule has 2 N–H and O–H groups in total. The largest absolute Gasteiger partial charge is 0.399 e. The number of nitrogen functional groups attached to an aromatic ring is 1. The highest BCUT2D eigenvalue weighted by molar-refractivity contribution is 6.05. The normalized spacial score (nSPS) is 29.9. The fourth-order valence-corrected chi connectivity index (χ4v) is 3.25. The van der Waals surface area contributed by atoms with Crippen molar-refractivity contribution in [3.8, 4) is 0 Å². The highest BCUT2D eigenvalue weighted by Crippen LogP contribution is 2.43. The van der Waals surface area contributed by atoms with E-state index in [-0.39, 0.29) is 30.2 Å². The van der Waals surface area contributed by atoms with Gasteiger partial charge in [-0.25, -0.2) is 0 Å². The number of nitrogens with zero attached hydrogens (tertiary/aromatic N) is 2. The van der Waals surface area contributed by atoms with Crippen LogP contribution in [0.3, 0.4) is 0 Å². The zero-order valence-corrected chi connectivity index (χ0v) is 10.9. The number of rotatable bonds is 2. The molecule has 1 saturated heterocycles. The van der Waals surface area contributed by atoms with Crippen molar-refractivity contribution in [2.75, 3.05) is 5.73 Å². The summed E-state index contributed by atoms with van der Waals surface area (Å²) in [6.07, 6.45) is 3.25. The summed E-state index contributed by atoms with van der Waals surface area (Å²) >= 11 is 0. The first-order chi connectivity index (χ1) is 9.06. The van der Waals surface area contributed by atoms with Crippen LogP contribution in [-0.2, 0) is 16.1 Å². The van der Waals surface area contributed by atoms with Crippen LogP contribution >= 0.6 is 0 Å². The van der Waals surface area contributed by atoms with Crippen molar-refractivity contribution in [2.24, 2.45) is 17.8 Å². The van der Waals surface area contributed by atoms with Crippen molar-refractivity contribution < 1.29 is 9.59 Å². The first-order valence-electron chi connectivity index (χ1n) is 6.62. The van der Waals surface area contributed by atoms with Crippen LogP contribution < -0.4 is 5.73 Å². The molecule has 2 aliphatic rings. The lowest BCUT2D eigenvalue weighted by Crippen LogP contribution is -2.32. The van der Waals surface area contributed by atoms with Gasteiger partial charge in [0.15, 0.2) is 0 Å². The molecule has 0 bridgehead atoms. The van der Waals surface area contributed by atoms with E-state index in [1.54, 1.807) is 18.3 Å². The van der Waals surface area contributed by atoms with Gasteiger partial charge in [0.2, 0.25) is 11.8 Å². The standard InChI is InChI=1S/C14H17N3O2/c1-8-4-11-12(5-8)14(19)17(13(11)18)7-10-6-9(15)2-3-16-10/h2-3,6,8,11-12H,4-5,7H2,1H3,(H2,15,16).